The number of hydrogen-bond acceptors (Lipinski definition) is 8. The zero-order chi connectivity index (χ0) is 33.8. The number of nitrogens with zero attached hydrogens (tertiary/aromatic N) is 1. The molecule has 0 aliphatic carbocycles. The number of carbonyl (C=O) groups excluding carboxylic acids is 2. The van der Waals surface area contributed by atoms with Crippen LogP contribution in [0.3, 0.4) is 0 Å². The van der Waals surface area contributed by atoms with Crippen LogP contribution in [0.5, 0.6) is 0 Å². The van der Waals surface area contributed by atoms with E-state index in [0.717, 1.165) is 5.56 Å². The highest BCUT2D eigenvalue weighted by atomic mass is 19.2. The van der Waals surface area contributed by atoms with Crippen LogP contribution in [0.25, 0.3) is 0 Å². The maximum atomic E-state index is 15.2. The molecule has 1 aliphatic rings. The molecule has 13 heteroatoms. The second-order valence-corrected chi connectivity index (χ2v) is 10.1. The summed E-state index contributed by atoms with van der Waals surface area (Å²) in [5, 5.41) is 2.80. The van der Waals surface area contributed by atoms with Crippen molar-refractivity contribution >= 4 is 11.9 Å². The van der Waals surface area contributed by atoms with Crippen molar-refractivity contribution in [2.75, 3.05) is 52.7 Å². The van der Waals surface area contributed by atoms with E-state index in [1.165, 1.54) is 20.8 Å². The second kappa shape index (κ2) is 17.6. The fourth-order valence-electron chi connectivity index (χ4n) is 4.95. The zero-order valence-corrected chi connectivity index (χ0v) is 25.9. The predicted octanol–water partition coefficient (Wildman–Crippen LogP) is 5.44. The van der Waals surface area contributed by atoms with Gasteiger partial charge in [-0.1, -0.05) is 36.4 Å². The van der Waals surface area contributed by atoms with Crippen LogP contribution >= 0.6 is 0 Å². The number of carbonyl (C=O) groups is 2. The molecule has 0 radical (unpaired) electrons. The summed E-state index contributed by atoms with van der Waals surface area (Å²) in [6, 6.07) is 9.90. The van der Waals surface area contributed by atoms with E-state index in [-0.39, 0.29) is 44.4 Å². The van der Waals surface area contributed by atoms with Crippen LogP contribution in [0.2, 0.25) is 0 Å². The standard InChI is InChI=1S/C33H37F5N2O6/c1-5-13-40(18-21-11-9-8-10-12-21)14-15-43-16-17-44-19-22-24(33(42)46-7-3)25(23(20(4)39-22)32(41)45-6-2)26-27(34)29(36)31(38)30(37)28(26)35/h5,8-12,25,39H,1,6-7,13-19H2,2-4H3/t25-/m1/s1. The lowest BCUT2D eigenvalue weighted by molar-refractivity contribution is -0.139. The van der Waals surface area contributed by atoms with E-state index in [0.29, 0.717) is 26.2 Å². The molecule has 0 saturated heterocycles. The first-order valence-corrected chi connectivity index (χ1v) is 14.7. The largest absolute Gasteiger partial charge is 0.463 e. The van der Waals surface area contributed by atoms with Crippen molar-refractivity contribution in [1.29, 1.82) is 0 Å². The summed E-state index contributed by atoms with van der Waals surface area (Å²) in [7, 11) is 0. The van der Waals surface area contributed by atoms with Gasteiger partial charge < -0.3 is 24.3 Å². The van der Waals surface area contributed by atoms with Gasteiger partial charge in [0.05, 0.1) is 62.4 Å². The van der Waals surface area contributed by atoms with Gasteiger partial charge in [0.2, 0.25) is 5.82 Å². The van der Waals surface area contributed by atoms with Gasteiger partial charge in [-0.25, -0.2) is 31.5 Å². The number of esters is 2. The van der Waals surface area contributed by atoms with Gasteiger partial charge in [-0.2, -0.15) is 0 Å². The number of nitrogens with one attached hydrogen (secondary N) is 1. The Morgan fingerprint density at radius 1 is 0.848 bits per heavy atom. The molecule has 2 aromatic rings. The molecule has 1 heterocycles. The lowest BCUT2D eigenvalue weighted by atomic mass is 9.79. The van der Waals surface area contributed by atoms with Gasteiger partial charge >= 0.3 is 11.9 Å². The summed E-state index contributed by atoms with van der Waals surface area (Å²) in [5.74, 6) is -15.6. The van der Waals surface area contributed by atoms with Crippen LogP contribution in [0, 0.1) is 29.1 Å². The van der Waals surface area contributed by atoms with Crippen molar-refractivity contribution < 1.29 is 50.5 Å². The van der Waals surface area contributed by atoms with Crippen LogP contribution in [0.4, 0.5) is 22.0 Å². The van der Waals surface area contributed by atoms with Crippen LogP contribution in [0.15, 0.2) is 65.5 Å². The van der Waals surface area contributed by atoms with E-state index in [1.807, 2.05) is 30.3 Å². The highest BCUT2D eigenvalue weighted by Crippen LogP contribution is 2.43. The van der Waals surface area contributed by atoms with Gasteiger partial charge in [-0.05, 0) is 26.3 Å². The summed E-state index contributed by atoms with van der Waals surface area (Å²) in [5.41, 5.74) is -1.50. The molecule has 0 spiro atoms. The molecule has 2 aromatic carbocycles. The van der Waals surface area contributed by atoms with Gasteiger partial charge in [0, 0.05) is 30.9 Å². The quantitative estimate of drug-likeness (QED) is 0.0604. The fourth-order valence-corrected chi connectivity index (χ4v) is 4.95. The molecule has 46 heavy (non-hydrogen) atoms. The van der Waals surface area contributed by atoms with E-state index < -0.39 is 63.7 Å². The highest BCUT2D eigenvalue weighted by molar-refractivity contribution is 6.00. The number of halogens is 5. The number of ether oxygens (including phenoxy) is 4. The molecule has 8 nitrogen and oxygen atoms in total. The number of dihydropyridines is 1. The molecule has 0 saturated carbocycles. The van der Waals surface area contributed by atoms with Gasteiger partial charge in [0.15, 0.2) is 23.3 Å². The van der Waals surface area contributed by atoms with Crippen molar-refractivity contribution in [3.63, 3.8) is 0 Å². The average Bonchev–Trinajstić information content (AvgIpc) is 3.03. The minimum Gasteiger partial charge on any atom is -0.463 e. The molecule has 0 bridgehead atoms. The average molecular weight is 653 g/mol. The second-order valence-electron chi connectivity index (χ2n) is 10.1. The van der Waals surface area contributed by atoms with E-state index in [1.54, 1.807) is 6.08 Å². The number of benzene rings is 2. The third kappa shape index (κ3) is 8.80. The number of rotatable bonds is 17. The Kier molecular flexibility index (Phi) is 13.9. The summed E-state index contributed by atoms with van der Waals surface area (Å²) in [6.45, 7) is 9.76. The van der Waals surface area contributed by atoms with Crippen molar-refractivity contribution in [1.82, 2.24) is 10.2 Å². The van der Waals surface area contributed by atoms with Crippen LogP contribution < -0.4 is 5.32 Å². The van der Waals surface area contributed by atoms with E-state index >= 15 is 8.78 Å². The van der Waals surface area contributed by atoms with Gasteiger partial charge in [0.25, 0.3) is 0 Å². The molecular weight excluding hydrogens is 615 g/mol. The van der Waals surface area contributed by atoms with E-state index in [4.69, 9.17) is 18.9 Å². The Morgan fingerprint density at radius 2 is 1.41 bits per heavy atom. The maximum Gasteiger partial charge on any atom is 0.336 e. The van der Waals surface area contributed by atoms with Crippen molar-refractivity contribution in [2.24, 2.45) is 0 Å². The predicted molar refractivity (Wildman–Crippen MR) is 159 cm³/mol. The molecule has 1 aliphatic heterocycles. The van der Waals surface area contributed by atoms with Crippen LogP contribution in [-0.2, 0) is 35.1 Å². The summed E-state index contributed by atoms with van der Waals surface area (Å²) >= 11 is 0. The smallest absolute Gasteiger partial charge is 0.336 e. The molecule has 1 atom stereocenters. The summed E-state index contributed by atoms with van der Waals surface area (Å²) in [6.07, 6.45) is 1.79. The van der Waals surface area contributed by atoms with Gasteiger partial charge in [-0.15, -0.1) is 6.58 Å². The zero-order valence-electron chi connectivity index (χ0n) is 25.9. The molecule has 3 rings (SSSR count). The van der Waals surface area contributed by atoms with Crippen molar-refractivity contribution in [3.8, 4) is 0 Å². The molecule has 0 aromatic heterocycles. The van der Waals surface area contributed by atoms with Crippen molar-refractivity contribution in [2.45, 2.75) is 33.2 Å². The topological polar surface area (TPSA) is 86.3 Å². The van der Waals surface area contributed by atoms with Gasteiger partial charge in [-0.3, -0.25) is 4.90 Å². The SMILES string of the molecule is C=CCN(CCOCCOCC1=C(C(=O)OCC)[C@H](c2c(F)c(F)c(F)c(F)c2F)C(C(=O)OCC)=C(C)N1)Cc1ccccc1. The molecule has 0 unspecified atom stereocenters. The molecule has 0 fully saturated rings. The van der Waals surface area contributed by atoms with E-state index in [9.17, 15) is 22.8 Å². The fraction of sp³-hybridized carbons (Fsp3) is 0.394. The molecular formula is C33H37F5N2O6. The van der Waals surface area contributed by atoms with Crippen molar-refractivity contribution in [3.05, 3.63) is 106 Å². The monoisotopic (exact) mass is 652 g/mol. The number of hydrogen-bond donors (Lipinski definition) is 1. The van der Waals surface area contributed by atoms with Crippen LogP contribution in [0.1, 0.15) is 37.8 Å². The Morgan fingerprint density at radius 3 is 2.00 bits per heavy atom. The van der Waals surface area contributed by atoms with E-state index in [2.05, 4.69) is 16.8 Å². The first kappa shape index (κ1) is 36.4. The Hall–Kier alpha value is -4.07. The minimum absolute atomic E-state index is 0.0160. The third-order valence-corrected chi connectivity index (χ3v) is 6.97. The normalized spacial score (nSPS) is 14.8. The third-order valence-electron chi connectivity index (χ3n) is 6.97. The first-order valence-electron chi connectivity index (χ1n) is 14.7. The maximum absolute atomic E-state index is 15.2. The molecule has 250 valence electrons. The number of allylic oxidation sites excluding steroid dienone is 1. The molecule has 1 N–H and O–H groups in total. The Balaban J connectivity index is 1.82. The summed E-state index contributed by atoms with van der Waals surface area (Å²) in [4.78, 5) is 28.3. The minimum atomic E-state index is -2.39. The van der Waals surface area contributed by atoms with Gasteiger partial charge in [0.1, 0.15) is 0 Å². The van der Waals surface area contributed by atoms with Crippen LogP contribution in [-0.4, -0.2) is 69.6 Å². The Labute approximate surface area is 264 Å². The first-order chi connectivity index (χ1) is 22.1. The highest BCUT2D eigenvalue weighted by Gasteiger charge is 2.44. The molecule has 0 amide bonds. The summed E-state index contributed by atoms with van der Waals surface area (Å²) < 4.78 is 94.5. The lowest BCUT2D eigenvalue weighted by Gasteiger charge is -2.32. The lowest BCUT2D eigenvalue weighted by Crippen LogP contribution is -2.36. The Bertz CT molecular complexity index is 1440.